The van der Waals surface area contributed by atoms with Gasteiger partial charge in [0.25, 0.3) is 0 Å². The van der Waals surface area contributed by atoms with Crippen molar-refractivity contribution < 1.29 is 26.7 Å². The Labute approximate surface area is 122 Å². The second kappa shape index (κ2) is 5.43. The summed E-state index contributed by atoms with van der Waals surface area (Å²) in [6.45, 7) is 0. The Bertz CT molecular complexity index is 692. The topological polar surface area (TPSA) is 61.0 Å². The summed E-state index contributed by atoms with van der Waals surface area (Å²) in [5, 5.41) is 0. The Morgan fingerprint density at radius 3 is 2.38 bits per heavy atom. The molecule has 0 fully saturated rings. The lowest BCUT2D eigenvalue weighted by atomic mass is 10.3. The lowest BCUT2D eigenvalue weighted by Crippen LogP contribution is -2.13. The molecule has 0 saturated heterocycles. The molecule has 0 radical (unpaired) electrons. The van der Waals surface area contributed by atoms with Crippen molar-refractivity contribution in [3.8, 4) is 11.6 Å². The summed E-state index contributed by atoms with van der Waals surface area (Å²) < 4.78 is 69.1. The lowest BCUT2D eigenvalue weighted by Gasteiger charge is -2.10. The van der Waals surface area contributed by atoms with Crippen molar-refractivity contribution in [3.05, 3.63) is 40.1 Å². The highest BCUT2D eigenvalue weighted by molar-refractivity contribution is 9.10. The number of nitrogens with two attached hydrogens (primary N) is 1. The zero-order valence-corrected chi connectivity index (χ0v) is 11.5. The first-order valence-electron chi connectivity index (χ1n) is 5.21. The largest absolute Gasteiger partial charge is 0.451 e. The first-order valence-corrected chi connectivity index (χ1v) is 6.00. The van der Waals surface area contributed by atoms with Crippen molar-refractivity contribution in [1.82, 2.24) is 9.97 Å². The Morgan fingerprint density at radius 2 is 1.76 bits per heavy atom. The molecule has 0 aliphatic carbocycles. The van der Waals surface area contributed by atoms with Gasteiger partial charge in [-0.15, -0.1) is 0 Å². The first kappa shape index (κ1) is 15.4. The number of nitrogens with zero attached hydrogens (tertiary/aromatic N) is 2. The monoisotopic (exact) mass is 369 g/mol. The van der Waals surface area contributed by atoms with E-state index in [0.717, 1.165) is 18.2 Å². The van der Waals surface area contributed by atoms with Gasteiger partial charge in [0.15, 0.2) is 11.6 Å². The van der Waals surface area contributed by atoms with Crippen molar-refractivity contribution in [3.63, 3.8) is 0 Å². The van der Waals surface area contributed by atoms with E-state index in [2.05, 4.69) is 25.9 Å². The molecule has 0 aliphatic heterocycles. The van der Waals surface area contributed by atoms with Crippen LogP contribution in [0.5, 0.6) is 11.6 Å². The minimum atomic E-state index is -4.85. The predicted octanol–water partition coefficient (Wildman–Crippen LogP) is 3.91. The highest BCUT2D eigenvalue weighted by Gasteiger charge is 2.35. The molecular weight excluding hydrogens is 365 g/mol. The van der Waals surface area contributed by atoms with Gasteiger partial charge in [-0.2, -0.15) is 22.5 Å². The average Bonchev–Trinajstić information content (AvgIpc) is 2.33. The minimum absolute atomic E-state index is 0.134. The van der Waals surface area contributed by atoms with Crippen LogP contribution in [0.2, 0.25) is 0 Å². The molecule has 112 valence electrons. The van der Waals surface area contributed by atoms with E-state index in [0.29, 0.717) is 0 Å². The smallest absolute Gasteiger partial charge is 0.436 e. The molecule has 0 spiro atoms. The van der Waals surface area contributed by atoms with Crippen LogP contribution in [0.25, 0.3) is 0 Å². The molecule has 0 atom stereocenters. The van der Waals surface area contributed by atoms with Gasteiger partial charge < -0.3 is 10.5 Å². The van der Waals surface area contributed by atoms with Gasteiger partial charge in [-0.1, -0.05) is 15.9 Å². The van der Waals surface area contributed by atoms with Crippen molar-refractivity contribution in [2.45, 2.75) is 6.18 Å². The molecular formula is C11H5BrF5N3O. The fraction of sp³-hybridized carbons (Fsp3) is 0.0909. The number of rotatable bonds is 2. The van der Waals surface area contributed by atoms with Crippen molar-refractivity contribution in [2.75, 3.05) is 5.73 Å². The normalized spacial score (nSPS) is 11.5. The maximum Gasteiger partial charge on any atom is 0.451 e. The van der Waals surface area contributed by atoms with Crippen LogP contribution in [-0.4, -0.2) is 9.97 Å². The second-order valence-electron chi connectivity index (χ2n) is 3.75. The van der Waals surface area contributed by atoms with Crippen molar-refractivity contribution in [2.24, 2.45) is 0 Å². The highest BCUT2D eigenvalue weighted by atomic mass is 79.9. The van der Waals surface area contributed by atoms with E-state index in [-0.39, 0.29) is 4.47 Å². The lowest BCUT2D eigenvalue weighted by molar-refractivity contribution is -0.145. The van der Waals surface area contributed by atoms with Gasteiger partial charge >= 0.3 is 6.18 Å². The SMILES string of the molecule is Nc1cc(Oc2cc(Br)cc(F)c2F)nc(C(F)(F)F)n1. The summed E-state index contributed by atoms with van der Waals surface area (Å²) in [7, 11) is 0. The van der Waals surface area contributed by atoms with Gasteiger partial charge in [-0.3, -0.25) is 0 Å². The minimum Gasteiger partial charge on any atom is -0.436 e. The molecule has 1 aromatic heterocycles. The van der Waals surface area contributed by atoms with Crippen LogP contribution in [0.1, 0.15) is 5.82 Å². The summed E-state index contributed by atoms with van der Waals surface area (Å²) in [6.07, 6.45) is -4.85. The standard InChI is InChI=1S/C11H5BrF5N3O/c12-4-1-5(13)9(14)6(2-4)21-8-3-7(18)19-10(20-8)11(15,16)17/h1-3H,(H2,18,19,20). The quantitative estimate of drug-likeness (QED) is 0.643. The average molecular weight is 370 g/mol. The zero-order chi connectivity index (χ0) is 15.8. The summed E-state index contributed by atoms with van der Waals surface area (Å²) in [4.78, 5) is 6.05. The molecule has 0 unspecified atom stereocenters. The van der Waals surface area contributed by atoms with Crippen LogP contribution in [0.3, 0.4) is 0 Å². The van der Waals surface area contributed by atoms with Crippen LogP contribution in [0.15, 0.2) is 22.7 Å². The summed E-state index contributed by atoms with van der Waals surface area (Å²) >= 11 is 2.90. The van der Waals surface area contributed by atoms with Gasteiger partial charge in [0, 0.05) is 10.5 Å². The number of alkyl halides is 3. The molecule has 0 saturated carbocycles. The van der Waals surface area contributed by atoms with E-state index in [9.17, 15) is 22.0 Å². The van der Waals surface area contributed by atoms with Crippen LogP contribution < -0.4 is 10.5 Å². The number of halogens is 6. The fourth-order valence-electron chi connectivity index (χ4n) is 1.34. The summed E-state index contributed by atoms with van der Waals surface area (Å²) in [6, 6.07) is 2.72. The number of hydrogen-bond acceptors (Lipinski definition) is 4. The molecule has 0 bridgehead atoms. The Hall–Kier alpha value is -1.97. The Balaban J connectivity index is 2.43. The summed E-state index contributed by atoms with van der Waals surface area (Å²) in [5.74, 6) is -5.99. The first-order chi connectivity index (χ1) is 9.66. The third kappa shape index (κ3) is 3.57. The van der Waals surface area contributed by atoms with Gasteiger partial charge in [-0.05, 0) is 12.1 Å². The van der Waals surface area contributed by atoms with Crippen LogP contribution >= 0.6 is 15.9 Å². The predicted molar refractivity (Wildman–Crippen MR) is 65.6 cm³/mol. The number of hydrogen-bond donors (Lipinski definition) is 1. The maximum atomic E-state index is 13.5. The molecule has 0 amide bonds. The molecule has 1 aromatic carbocycles. The van der Waals surface area contributed by atoms with Gasteiger partial charge in [-0.25, -0.2) is 9.37 Å². The van der Waals surface area contributed by atoms with Gasteiger partial charge in [0.2, 0.25) is 17.5 Å². The third-order valence-electron chi connectivity index (χ3n) is 2.15. The molecule has 2 rings (SSSR count). The van der Waals surface area contributed by atoms with Crippen LogP contribution in [0, 0.1) is 11.6 Å². The van der Waals surface area contributed by atoms with E-state index in [4.69, 9.17) is 10.5 Å². The maximum absolute atomic E-state index is 13.5. The molecule has 1 heterocycles. The number of anilines is 1. The molecule has 2 N–H and O–H groups in total. The number of aromatic nitrogens is 2. The van der Waals surface area contributed by atoms with E-state index < -0.39 is 41.1 Å². The second-order valence-corrected chi connectivity index (χ2v) is 4.67. The zero-order valence-electron chi connectivity index (χ0n) is 9.88. The van der Waals surface area contributed by atoms with Crippen molar-refractivity contribution in [1.29, 1.82) is 0 Å². The molecule has 2 aromatic rings. The van der Waals surface area contributed by atoms with E-state index in [1.54, 1.807) is 0 Å². The van der Waals surface area contributed by atoms with Crippen LogP contribution in [-0.2, 0) is 6.18 Å². The Morgan fingerprint density at radius 1 is 1.10 bits per heavy atom. The molecule has 21 heavy (non-hydrogen) atoms. The number of ether oxygens (including phenoxy) is 1. The highest BCUT2D eigenvalue weighted by Crippen LogP contribution is 2.32. The van der Waals surface area contributed by atoms with E-state index in [1.165, 1.54) is 0 Å². The Kier molecular flexibility index (Phi) is 3.99. The van der Waals surface area contributed by atoms with E-state index >= 15 is 0 Å². The fourth-order valence-corrected chi connectivity index (χ4v) is 1.75. The third-order valence-corrected chi connectivity index (χ3v) is 2.61. The van der Waals surface area contributed by atoms with Crippen molar-refractivity contribution >= 4 is 21.7 Å². The van der Waals surface area contributed by atoms with E-state index in [1.807, 2.05) is 0 Å². The molecule has 10 heteroatoms. The van der Waals surface area contributed by atoms with Crippen LogP contribution in [0.4, 0.5) is 27.8 Å². The number of benzene rings is 1. The van der Waals surface area contributed by atoms with Gasteiger partial charge in [0.1, 0.15) is 5.82 Å². The summed E-state index contributed by atoms with van der Waals surface area (Å²) in [5.41, 5.74) is 5.20. The molecule has 4 nitrogen and oxygen atoms in total. The number of nitrogen functional groups attached to an aromatic ring is 1. The van der Waals surface area contributed by atoms with Gasteiger partial charge in [0.05, 0.1) is 0 Å². The molecule has 0 aliphatic rings.